The molecule has 1 amide bonds. The van der Waals surface area contributed by atoms with Gasteiger partial charge in [0.05, 0.1) is 0 Å². The molecule has 0 aliphatic heterocycles. The molecule has 0 saturated heterocycles. The average molecular weight is 356 g/mol. The third-order valence-electron chi connectivity index (χ3n) is 3.90. The molecule has 3 N–H and O–H groups in total. The lowest BCUT2D eigenvalue weighted by atomic mass is 10.1. The van der Waals surface area contributed by atoms with E-state index in [2.05, 4.69) is 10.3 Å². The summed E-state index contributed by atoms with van der Waals surface area (Å²) in [5.74, 6) is -0.252. The third-order valence-corrected chi connectivity index (χ3v) is 4.81. The van der Waals surface area contributed by atoms with Gasteiger partial charge in [-0.2, -0.15) is 0 Å². The van der Waals surface area contributed by atoms with Crippen LogP contribution in [0.15, 0.2) is 30.5 Å². The van der Waals surface area contributed by atoms with Crippen molar-refractivity contribution in [2.45, 2.75) is 31.7 Å². The van der Waals surface area contributed by atoms with Gasteiger partial charge in [-0.1, -0.05) is 12.1 Å². The zero-order chi connectivity index (χ0) is 15.5. The van der Waals surface area contributed by atoms with Gasteiger partial charge in [0.25, 0.3) is 0 Å². The molecule has 0 radical (unpaired) electrons. The fourth-order valence-corrected chi connectivity index (χ4v) is 3.61. The van der Waals surface area contributed by atoms with Crippen LogP contribution in [0.25, 0.3) is 0 Å². The molecule has 1 aromatic carbocycles. The number of benzene rings is 1. The van der Waals surface area contributed by atoms with Crippen molar-refractivity contribution >= 4 is 34.8 Å². The SMILES string of the molecule is Cl.NC1CCC(C(=O)Nc2ncc(Cc3cccc(F)c3)s2)C1. The normalized spacial score (nSPS) is 20.1. The smallest absolute Gasteiger partial charge is 0.229 e. The fraction of sp³-hybridized carbons (Fsp3) is 0.375. The van der Waals surface area contributed by atoms with E-state index in [-0.39, 0.29) is 36.1 Å². The van der Waals surface area contributed by atoms with Crippen molar-refractivity contribution < 1.29 is 9.18 Å². The number of anilines is 1. The zero-order valence-corrected chi connectivity index (χ0v) is 14.1. The minimum atomic E-state index is -0.242. The Hall–Kier alpha value is -1.50. The Kier molecular flexibility index (Phi) is 6.10. The van der Waals surface area contributed by atoms with Crippen molar-refractivity contribution in [2.24, 2.45) is 11.7 Å². The van der Waals surface area contributed by atoms with Crippen LogP contribution in [0.3, 0.4) is 0 Å². The average Bonchev–Trinajstić information content (AvgIpc) is 3.08. The summed E-state index contributed by atoms with van der Waals surface area (Å²) >= 11 is 1.42. The first-order valence-electron chi connectivity index (χ1n) is 7.36. The molecule has 3 rings (SSSR count). The summed E-state index contributed by atoms with van der Waals surface area (Å²) in [5.41, 5.74) is 6.73. The topological polar surface area (TPSA) is 68.0 Å². The molecular weight excluding hydrogens is 337 g/mol. The predicted molar refractivity (Wildman–Crippen MR) is 92.5 cm³/mol. The Labute approximate surface area is 144 Å². The highest BCUT2D eigenvalue weighted by molar-refractivity contribution is 7.15. The Bertz CT molecular complexity index is 679. The first kappa shape index (κ1) is 17.8. The number of amides is 1. The summed E-state index contributed by atoms with van der Waals surface area (Å²) < 4.78 is 13.2. The number of carbonyl (C=O) groups is 1. The molecule has 2 unspecified atom stereocenters. The van der Waals surface area contributed by atoms with Gasteiger partial charge in [0.15, 0.2) is 5.13 Å². The number of rotatable bonds is 4. The molecular formula is C16H19ClFN3OS. The number of halogens is 2. The van der Waals surface area contributed by atoms with Gasteiger partial charge in [0, 0.05) is 29.5 Å². The van der Waals surface area contributed by atoms with Crippen LogP contribution in [0, 0.1) is 11.7 Å². The number of thiazole rings is 1. The van der Waals surface area contributed by atoms with Gasteiger partial charge in [0.2, 0.25) is 5.91 Å². The van der Waals surface area contributed by atoms with Crippen LogP contribution in [-0.4, -0.2) is 16.9 Å². The van der Waals surface area contributed by atoms with Crippen molar-refractivity contribution in [1.82, 2.24) is 4.98 Å². The van der Waals surface area contributed by atoms with Crippen LogP contribution in [-0.2, 0) is 11.2 Å². The monoisotopic (exact) mass is 355 g/mol. The number of aromatic nitrogens is 1. The molecule has 124 valence electrons. The first-order chi connectivity index (χ1) is 10.6. The van der Waals surface area contributed by atoms with Crippen LogP contribution in [0.4, 0.5) is 9.52 Å². The summed E-state index contributed by atoms with van der Waals surface area (Å²) in [6.45, 7) is 0. The Morgan fingerprint density at radius 1 is 1.43 bits per heavy atom. The van der Waals surface area contributed by atoms with Gasteiger partial charge >= 0.3 is 0 Å². The molecule has 1 heterocycles. The van der Waals surface area contributed by atoms with E-state index in [9.17, 15) is 9.18 Å². The lowest BCUT2D eigenvalue weighted by Crippen LogP contribution is -2.23. The summed E-state index contributed by atoms with van der Waals surface area (Å²) in [6.07, 6.45) is 4.83. The van der Waals surface area contributed by atoms with E-state index in [1.54, 1.807) is 12.3 Å². The lowest BCUT2D eigenvalue weighted by molar-refractivity contribution is -0.119. The van der Waals surface area contributed by atoms with E-state index in [1.807, 2.05) is 6.07 Å². The van der Waals surface area contributed by atoms with Gasteiger partial charge in [0.1, 0.15) is 5.82 Å². The van der Waals surface area contributed by atoms with Gasteiger partial charge in [-0.15, -0.1) is 23.7 Å². The number of carbonyl (C=O) groups excluding carboxylic acids is 1. The molecule has 2 aromatic rings. The molecule has 1 aromatic heterocycles. The van der Waals surface area contributed by atoms with Gasteiger partial charge in [-0.25, -0.2) is 9.37 Å². The second-order valence-electron chi connectivity index (χ2n) is 5.70. The molecule has 1 saturated carbocycles. The number of hydrogen-bond acceptors (Lipinski definition) is 4. The van der Waals surface area contributed by atoms with E-state index in [4.69, 9.17) is 5.73 Å². The van der Waals surface area contributed by atoms with E-state index >= 15 is 0 Å². The van der Waals surface area contributed by atoms with Gasteiger partial charge in [-0.05, 0) is 37.0 Å². The van der Waals surface area contributed by atoms with Crippen LogP contribution in [0.2, 0.25) is 0 Å². The molecule has 1 aliphatic carbocycles. The molecule has 7 heteroatoms. The Morgan fingerprint density at radius 2 is 2.26 bits per heavy atom. The summed E-state index contributed by atoms with van der Waals surface area (Å²) in [6, 6.07) is 6.64. The Balaban J connectivity index is 0.00000192. The van der Waals surface area contributed by atoms with Crippen LogP contribution < -0.4 is 11.1 Å². The van der Waals surface area contributed by atoms with E-state index < -0.39 is 0 Å². The molecule has 23 heavy (non-hydrogen) atoms. The molecule has 4 nitrogen and oxygen atoms in total. The van der Waals surface area contributed by atoms with E-state index in [0.29, 0.717) is 11.6 Å². The maximum atomic E-state index is 13.2. The number of nitrogens with zero attached hydrogens (tertiary/aromatic N) is 1. The van der Waals surface area contributed by atoms with Gasteiger partial charge in [-0.3, -0.25) is 4.79 Å². The highest BCUT2D eigenvalue weighted by Crippen LogP contribution is 2.27. The molecule has 1 fully saturated rings. The van der Waals surface area contributed by atoms with Gasteiger partial charge < -0.3 is 11.1 Å². The Morgan fingerprint density at radius 3 is 2.96 bits per heavy atom. The quantitative estimate of drug-likeness (QED) is 0.883. The van der Waals surface area contributed by atoms with Crippen molar-refractivity contribution in [1.29, 1.82) is 0 Å². The second kappa shape index (κ2) is 7.86. The maximum absolute atomic E-state index is 13.2. The van der Waals surface area contributed by atoms with Crippen molar-refractivity contribution in [3.05, 3.63) is 46.7 Å². The number of hydrogen-bond donors (Lipinski definition) is 2. The predicted octanol–water partition coefficient (Wildman–Crippen LogP) is 3.36. The first-order valence-corrected chi connectivity index (χ1v) is 8.17. The third kappa shape index (κ3) is 4.73. The molecule has 2 atom stereocenters. The van der Waals surface area contributed by atoms with E-state index in [1.165, 1.54) is 23.5 Å². The van der Waals surface area contributed by atoms with Crippen molar-refractivity contribution in [2.75, 3.05) is 5.32 Å². The van der Waals surface area contributed by atoms with E-state index in [0.717, 1.165) is 29.7 Å². The summed E-state index contributed by atoms with van der Waals surface area (Å²) in [5, 5.41) is 3.46. The molecule has 0 bridgehead atoms. The highest BCUT2D eigenvalue weighted by atomic mass is 35.5. The standard InChI is InChI=1S/C16H18FN3OS.ClH/c17-12-3-1-2-10(6-12)7-14-9-19-16(22-14)20-15(21)11-4-5-13(18)8-11;/h1-3,6,9,11,13H,4-5,7-8,18H2,(H,19,20,21);1H. The lowest BCUT2D eigenvalue weighted by Gasteiger charge is -2.08. The maximum Gasteiger partial charge on any atom is 0.229 e. The number of nitrogens with one attached hydrogen (secondary N) is 1. The van der Waals surface area contributed by atoms with Crippen molar-refractivity contribution in [3.8, 4) is 0 Å². The minimum Gasteiger partial charge on any atom is -0.328 e. The summed E-state index contributed by atoms with van der Waals surface area (Å²) in [4.78, 5) is 17.3. The zero-order valence-electron chi connectivity index (χ0n) is 12.5. The minimum absolute atomic E-state index is 0. The van der Waals surface area contributed by atoms with Crippen LogP contribution in [0.5, 0.6) is 0 Å². The molecule has 1 aliphatic rings. The highest BCUT2D eigenvalue weighted by Gasteiger charge is 2.28. The largest absolute Gasteiger partial charge is 0.328 e. The molecule has 0 spiro atoms. The van der Waals surface area contributed by atoms with Crippen molar-refractivity contribution in [3.63, 3.8) is 0 Å². The second-order valence-corrected chi connectivity index (χ2v) is 6.81. The van der Waals surface area contributed by atoms with Crippen LogP contribution >= 0.6 is 23.7 Å². The fourth-order valence-electron chi connectivity index (χ4n) is 2.76. The summed E-state index contributed by atoms with van der Waals surface area (Å²) in [7, 11) is 0. The van der Waals surface area contributed by atoms with Crippen LogP contribution in [0.1, 0.15) is 29.7 Å². The number of nitrogens with two attached hydrogens (primary N) is 1.